The van der Waals surface area contributed by atoms with E-state index in [2.05, 4.69) is 15.9 Å². The van der Waals surface area contributed by atoms with E-state index in [9.17, 15) is 10.1 Å². The second kappa shape index (κ2) is 4.86. The van der Waals surface area contributed by atoms with E-state index in [1.165, 1.54) is 0 Å². The van der Waals surface area contributed by atoms with E-state index in [-0.39, 0.29) is 5.78 Å². The molecule has 1 aliphatic rings. The molecule has 0 aromatic heterocycles. The molecule has 0 spiro atoms. The Labute approximate surface area is 124 Å². The van der Waals surface area contributed by atoms with Gasteiger partial charge in [-0.1, -0.05) is 58.4 Å². The summed E-state index contributed by atoms with van der Waals surface area (Å²) in [6, 6.07) is 18.2. The van der Waals surface area contributed by atoms with Crippen molar-refractivity contribution in [1.29, 1.82) is 5.26 Å². The van der Waals surface area contributed by atoms with Gasteiger partial charge in [-0.15, -0.1) is 0 Å². The number of benzene rings is 2. The van der Waals surface area contributed by atoms with Crippen LogP contribution >= 0.6 is 15.9 Å². The highest BCUT2D eigenvalue weighted by molar-refractivity contribution is 9.10. The minimum absolute atomic E-state index is 0.284. The number of carbonyl (C=O) groups is 1. The van der Waals surface area contributed by atoms with Gasteiger partial charge in [0.1, 0.15) is 12.2 Å². The first-order valence-corrected chi connectivity index (χ1v) is 6.91. The van der Waals surface area contributed by atoms with Crippen molar-refractivity contribution >= 4 is 21.7 Å². The predicted molar refractivity (Wildman–Crippen MR) is 77.1 cm³/mol. The summed E-state index contributed by atoms with van der Waals surface area (Å²) < 4.78 is 6.41. The summed E-state index contributed by atoms with van der Waals surface area (Å²) >= 11 is 3.35. The summed E-state index contributed by atoms with van der Waals surface area (Å²) in [6.07, 6.45) is -0.492. The molecule has 0 bridgehead atoms. The van der Waals surface area contributed by atoms with E-state index >= 15 is 0 Å². The molecule has 0 radical (unpaired) electrons. The van der Waals surface area contributed by atoms with Crippen molar-refractivity contribution in [3.05, 3.63) is 70.2 Å². The largest absolute Gasteiger partial charge is 0.338 e. The Morgan fingerprint density at radius 2 is 1.80 bits per heavy atom. The van der Waals surface area contributed by atoms with Crippen molar-refractivity contribution in [2.75, 3.05) is 0 Å². The molecule has 0 aliphatic carbocycles. The third kappa shape index (κ3) is 2.05. The Morgan fingerprint density at radius 1 is 1.15 bits per heavy atom. The molecule has 1 fully saturated rings. The predicted octanol–water partition coefficient (Wildman–Crippen LogP) is 3.67. The van der Waals surface area contributed by atoms with Gasteiger partial charge in [0.2, 0.25) is 11.4 Å². The van der Waals surface area contributed by atoms with Gasteiger partial charge in [-0.05, 0) is 17.7 Å². The first kappa shape index (κ1) is 13.0. The number of carbonyl (C=O) groups excluding carboxylic acids is 1. The number of Topliss-reactive ketones (excluding diaryl/α,β-unsaturated/α-hetero) is 1. The maximum absolute atomic E-state index is 12.5. The van der Waals surface area contributed by atoms with Crippen LogP contribution in [0.25, 0.3) is 0 Å². The molecule has 2 aromatic carbocycles. The molecule has 1 saturated heterocycles. The number of ether oxygens (including phenoxy) is 1. The van der Waals surface area contributed by atoms with Gasteiger partial charge in [-0.25, -0.2) is 0 Å². The highest BCUT2D eigenvalue weighted by Gasteiger charge is 2.64. The molecule has 2 unspecified atom stereocenters. The number of hydrogen-bond acceptors (Lipinski definition) is 3. The molecule has 3 rings (SSSR count). The fourth-order valence-corrected chi connectivity index (χ4v) is 2.47. The quantitative estimate of drug-likeness (QED) is 0.638. The maximum Gasteiger partial charge on any atom is 0.248 e. The topological polar surface area (TPSA) is 53.4 Å². The van der Waals surface area contributed by atoms with Gasteiger partial charge in [0.15, 0.2) is 0 Å². The Hall–Kier alpha value is -1.96. The van der Waals surface area contributed by atoms with Crippen LogP contribution in [0, 0.1) is 11.3 Å². The van der Waals surface area contributed by atoms with Crippen molar-refractivity contribution in [3.63, 3.8) is 0 Å². The molecule has 20 heavy (non-hydrogen) atoms. The molecule has 98 valence electrons. The van der Waals surface area contributed by atoms with Crippen LogP contribution in [0.15, 0.2) is 59.1 Å². The molecule has 0 N–H and O–H groups in total. The standard InChI is InChI=1S/C16H10BrNO2/c17-13-8-6-12(7-9-13)15-16(10-18,20-15)14(19)11-4-2-1-3-5-11/h1-9,15H. The van der Waals surface area contributed by atoms with Gasteiger partial charge in [-0.2, -0.15) is 5.26 Å². The molecule has 3 nitrogen and oxygen atoms in total. The second-order valence-electron chi connectivity index (χ2n) is 4.59. The fourth-order valence-electron chi connectivity index (χ4n) is 2.20. The number of epoxide rings is 1. The highest BCUT2D eigenvalue weighted by Crippen LogP contribution is 2.51. The number of halogens is 1. The van der Waals surface area contributed by atoms with Crippen molar-refractivity contribution in [1.82, 2.24) is 0 Å². The molecular weight excluding hydrogens is 318 g/mol. The maximum atomic E-state index is 12.5. The van der Waals surface area contributed by atoms with E-state index in [4.69, 9.17) is 4.74 Å². The SMILES string of the molecule is N#CC1(C(=O)c2ccccc2)OC1c1ccc(Br)cc1. The summed E-state index contributed by atoms with van der Waals surface area (Å²) in [5.74, 6) is -0.284. The summed E-state index contributed by atoms with van der Waals surface area (Å²) in [7, 11) is 0. The van der Waals surface area contributed by atoms with Gasteiger partial charge >= 0.3 is 0 Å². The zero-order valence-electron chi connectivity index (χ0n) is 10.4. The lowest BCUT2D eigenvalue weighted by Gasteiger charge is -2.03. The van der Waals surface area contributed by atoms with Crippen molar-refractivity contribution in [2.45, 2.75) is 11.7 Å². The van der Waals surface area contributed by atoms with Gasteiger partial charge < -0.3 is 4.74 Å². The molecule has 0 saturated carbocycles. The lowest BCUT2D eigenvalue weighted by atomic mass is 9.92. The zero-order chi connectivity index (χ0) is 14.2. The van der Waals surface area contributed by atoms with E-state index < -0.39 is 11.7 Å². The van der Waals surface area contributed by atoms with Crippen LogP contribution in [0.4, 0.5) is 0 Å². The van der Waals surface area contributed by atoms with Crippen LogP contribution in [-0.4, -0.2) is 11.4 Å². The van der Waals surface area contributed by atoms with E-state index in [1.54, 1.807) is 24.3 Å². The fraction of sp³-hybridized carbons (Fsp3) is 0.125. The Balaban J connectivity index is 1.91. The lowest BCUT2D eigenvalue weighted by Crippen LogP contribution is -2.23. The van der Waals surface area contributed by atoms with Crippen molar-refractivity contribution in [3.8, 4) is 6.07 Å². The monoisotopic (exact) mass is 327 g/mol. The summed E-state index contributed by atoms with van der Waals surface area (Å²) in [6.45, 7) is 0. The van der Waals surface area contributed by atoms with E-state index in [0.29, 0.717) is 5.56 Å². The van der Waals surface area contributed by atoms with E-state index in [1.807, 2.05) is 36.4 Å². The van der Waals surface area contributed by atoms with Gasteiger partial charge in [0.25, 0.3) is 0 Å². The van der Waals surface area contributed by atoms with Gasteiger partial charge in [-0.3, -0.25) is 4.79 Å². The van der Waals surface area contributed by atoms with Crippen molar-refractivity contribution in [2.24, 2.45) is 0 Å². The van der Waals surface area contributed by atoms with Crippen LogP contribution in [0.2, 0.25) is 0 Å². The van der Waals surface area contributed by atoms with Crippen LogP contribution in [0.5, 0.6) is 0 Å². The minimum atomic E-state index is -1.38. The highest BCUT2D eigenvalue weighted by atomic mass is 79.9. The summed E-state index contributed by atoms with van der Waals surface area (Å²) in [5.41, 5.74) is -0.0532. The Bertz CT molecular complexity index is 691. The lowest BCUT2D eigenvalue weighted by molar-refractivity contribution is 0.0914. The Kier molecular flexibility index (Phi) is 3.17. The Morgan fingerprint density at radius 3 is 2.40 bits per heavy atom. The molecule has 0 amide bonds. The normalized spacial score (nSPS) is 23.9. The average Bonchev–Trinajstić information content (AvgIpc) is 3.24. The number of nitriles is 1. The van der Waals surface area contributed by atoms with Crippen LogP contribution < -0.4 is 0 Å². The average molecular weight is 328 g/mol. The molecule has 2 atom stereocenters. The van der Waals surface area contributed by atoms with E-state index in [0.717, 1.165) is 10.0 Å². The molecule has 4 heteroatoms. The first-order chi connectivity index (χ1) is 9.67. The minimum Gasteiger partial charge on any atom is -0.338 e. The first-order valence-electron chi connectivity index (χ1n) is 6.12. The summed E-state index contributed by atoms with van der Waals surface area (Å²) in [4.78, 5) is 12.5. The van der Waals surface area contributed by atoms with Crippen LogP contribution in [0.3, 0.4) is 0 Å². The second-order valence-corrected chi connectivity index (χ2v) is 5.51. The van der Waals surface area contributed by atoms with Gasteiger partial charge in [0.05, 0.1) is 0 Å². The smallest absolute Gasteiger partial charge is 0.248 e. The van der Waals surface area contributed by atoms with Gasteiger partial charge in [0, 0.05) is 10.0 Å². The molecule has 1 heterocycles. The van der Waals surface area contributed by atoms with Crippen LogP contribution in [0.1, 0.15) is 22.0 Å². The third-order valence-corrected chi connectivity index (χ3v) is 3.86. The summed E-state index contributed by atoms with van der Waals surface area (Å²) in [5, 5.41) is 9.37. The van der Waals surface area contributed by atoms with Crippen LogP contribution in [-0.2, 0) is 4.74 Å². The number of ketones is 1. The van der Waals surface area contributed by atoms with Crippen molar-refractivity contribution < 1.29 is 9.53 Å². The number of nitrogens with zero attached hydrogens (tertiary/aromatic N) is 1. The zero-order valence-corrected chi connectivity index (χ0v) is 12.0. The molecule has 1 aliphatic heterocycles. The molecule has 2 aromatic rings. The number of rotatable bonds is 3. The number of hydrogen-bond donors (Lipinski definition) is 0. The third-order valence-electron chi connectivity index (χ3n) is 3.33. The molecular formula is C16H10BrNO2.